The molecule has 0 fully saturated rings. The summed E-state index contributed by atoms with van der Waals surface area (Å²) in [5, 5.41) is 6.44. The van der Waals surface area contributed by atoms with Crippen molar-refractivity contribution >= 4 is 22.9 Å². The third kappa shape index (κ3) is 4.47. The van der Waals surface area contributed by atoms with Crippen LogP contribution in [-0.4, -0.2) is 12.6 Å². The van der Waals surface area contributed by atoms with E-state index in [4.69, 9.17) is 16.3 Å². The molecule has 2 unspecified atom stereocenters. The zero-order valence-electron chi connectivity index (χ0n) is 12.7. The number of rotatable bonds is 7. The molecule has 0 spiro atoms. The molecular weight excluding hydrogens is 302 g/mol. The third-order valence-corrected chi connectivity index (χ3v) is 4.72. The number of benzene rings is 1. The van der Waals surface area contributed by atoms with Crippen molar-refractivity contribution in [3.63, 3.8) is 0 Å². The molecule has 21 heavy (non-hydrogen) atoms. The van der Waals surface area contributed by atoms with Crippen LogP contribution < -0.4 is 10.1 Å². The van der Waals surface area contributed by atoms with Crippen molar-refractivity contribution in [2.75, 3.05) is 6.54 Å². The average Bonchev–Trinajstić information content (AvgIpc) is 2.86. The molecule has 1 N–H and O–H groups in total. The van der Waals surface area contributed by atoms with Gasteiger partial charge < -0.3 is 10.1 Å². The summed E-state index contributed by atoms with van der Waals surface area (Å²) in [7, 11) is 0. The van der Waals surface area contributed by atoms with Gasteiger partial charge in [0, 0.05) is 9.90 Å². The Hall–Kier alpha value is -1.03. The van der Waals surface area contributed by atoms with E-state index in [2.05, 4.69) is 37.5 Å². The molecule has 0 amide bonds. The van der Waals surface area contributed by atoms with E-state index >= 15 is 0 Å². The Morgan fingerprint density at radius 3 is 2.76 bits per heavy atom. The van der Waals surface area contributed by atoms with Crippen LogP contribution in [0.3, 0.4) is 0 Å². The maximum absolute atomic E-state index is 6.09. The Bertz CT molecular complexity index is 569. The topological polar surface area (TPSA) is 21.3 Å². The van der Waals surface area contributed by atoms with Crippen LogP contribution >= 0.6 is 22.9 Å². The molecule has 2 aromatic rings. The van der Waals surface area contributed by atoms with Crippen molar-refractivity contribution < 1.29 is 4.74 Å². The first kappa shape index (κ1) is 16.3. The van der Waals surface area contributed by atoms with Gasteiger partial charge in [-0.1, -0.05) is 24.6 Å². The molecule has 0 bridgehead atoms. The predicted octanol–water partition coefficient (Wildman–Crippen LogP) is 5.22. The smallest absolute Gasteiger partial charge is 0.121 e. The van der Waals surface area contributed by atoms with Crippen LogP contribution in [0.15, 0.2) is 35.7 Å². The fourth-order valence-electron chi connectivity index (χ4n) is 2.30. The van der Waals surface area contributed by atoms with Crippen LogP contribution in [0.25, 0.3) is 0 Å². The minimum absolute atomic E-state index is 0.0346. The highest BCUT2D eigenvalue weighted by Crippen LogP contribution is 2.29. The number of hydrogen-bond acceptors (Lipinski definition) is 3. The van der Waals surface area contributed by atoms with Crippen LogP contribution in [0.5, 0.6) is 5.75 Å². The lowest BCUT2D eigenvalue weighted by atomic mass is 10.1. The van der Waals surface area contributed by atoms with E-state index in [0.29, 0.717) is 5.02 Å². The molecule has 1 heterocycles. The summed E-state index contributed by atoms with van der Waals surface area (Å²) in [6.45, 7) is 7.41. The maximum Gasteiger partial charge on any atom is 0.121 e. The largest absolute Gasteiger partial charge is 0.489 e. The summed E-state index contributed by atoms with van der Waals surface area (Å²) >= 11 is 7.80. The zero-order valence-corrected chi connectivity index (χ0v) is 14.3. The molecule has 1 aromatic heterocycles. The van der Waals surface area contributed by atoms with Gasteiger partial charge in [-0.15, -0.1) is 11.3 Å². The van der Waals surface area contributed by atoms with Gasteiger partial charge in [0.15, 0.2) is 0 Å². The lowest BCUT2D eigenvalue weighted by molar-refractivity contribution is 0.172. The molecule has 0 radical (unpaired) electrons. The second-order valence-corrected chi connectivity index (χ2v) is 6.56. The Labute approximate surface area is 136 Å². The lowest BCUT2D eigenvalue weighted by Crippen LogP contribution is -2.34. The van der Waals surface area contributed by atoms with Crippen molar-refractivity contribution in [1.82, 2.24) is 5.32 Å². The number of ether oxygens (including phenoxy) is 1. The first-order chi connectivity index (χ1) is 10.1. The summed E-state index contributed by atoms with van der Waals surface area (Å²) in [5.74, 6) is 0.813. The van der Waals surface area contributed by atoms with Gasteiger partial charge in [-0.25, -0.2) is 0 Å². The molecular formula is C17H22ClNOS. The fourth-order valence-corrected chi connectivity index (χ4v) is 3.57. The van der Waals surface area contributed by atoms with E-state index in [0.717, 1.165) is 18.7 Å². The van der Waals surface area contributed by atoms with Crippen molar-refractivity contribution in [3.05, 3.63) is 51.2 Å². The number of hydrogen-bond donors (Lipinski definition) is 1. The van der Waals surface area contributed by atoms with E-state index in [1.54, 1.807) is 11.3 Å². The summed E-state index contributed by atoms with van der Waals surface area (Å²) in [5.41, 5.74) is 1.31. The highest BCUT2D eigenvalue weighted by Gasteiger charge is 2.23. The molecule has 1 aromatic carbocycles. The molecule has 0 saturated carbocycles. The van der Waals surface area contributed by atoms with Crippen LogP contribution in [0.2, 0.25) is 5.02 Å². The van der Waals surface area contributed by atoms with Gasteiger partial charge in [-0.05, 0) is 62.0 Å². The van der Waals surface area contributed by atoms with E-state index in [1.807, 2.05) is 24.3 Å². The second-order valence-electron chi connectivity index (χ2n) is 5.18. The molecule has 0 saturated heterocycles. The number of thiophene rings is 1. The monoisotopic (exact) mass is 323 g/mol. The van der Waals surface area contributed by atoms with Gasteiger partial charge in [0.2, 0.25) is 0 Å². The van der Waals surface area contributed by atoms with E-state index < -0.39 is 0 Å². The molecule has 0 aliphatic heterocycles. The van der Waals surface area contributed by atoms with Gasteiger partial charge in [-0.3, -0.25) is 0 Å². The fraction of sp³-hybridized carbons (Fsp3) is 0.412. The highest BCUT2D eigenvalue weighted by atomic mass is 35.5. The van der Waals surface area contributed by atoms with Gasteiger partial charge in [0.05, 0.1) is 6.04 Å². The first-order valence-corrected chi connectivity index (χ1v) is 8.57. The Balaban J connectivity index is 2.14. The van der Waals surface area contributed by atoms with Crippen LogP contribution in [-0.2, 0) is 0 Å². The predicted molar refractivity (Wildman–Crippen MR) is 91.6 cm³/mol. The Morgan fingerprint density at radius 2 is 2.14 bits per heavy atom. The van der Waals surface area contributed by atoms with Crippen molar-refractivity contribution in [2.45, 2.75) is 39.3 Å². The van der Waals surface area contributed by atoms with Gasteiger partial charge in [-0.2, -0.15) is 0 Å². The molecule has 0 aliphatic carbocycles. The Morgan fingerprint density at radius 1 is 1.33 bits per heavy atom. The van der Waals surface area contributed by atoms with Gasteiger partial charge in [0.25, 0.3) is 0 Å². The maximum atomic E-state index is 6.09. The first-order valence-electron chi connectivity index (χ1n) is 7.31. The van der Waals surface area contributed by atoms with Crippen LogP contribution in [0, 0.1) is 6.92 Å². The SMILES string of the molecule is CCCNC(c1sccc1C)C(C)Oc1cccc(Cl)c1. The van der Waals surface area contributed by atoms with E-state index in [9.17, 15) is 0 Å². The third-order valence-electron chi connectivity index (χ3n) is 3.39. The minimum atomic E-state index is 0.0346. The van der Waals surface area contributed by atoms with E-state index in [-0.39, 0.29) is 12.1 Å². The van der Waals surface area contributed by atoms with Crippen molar-refractivity contribution in [1.29, 1.82) is 0 Å². The molecule has 2 atom stereocenters. The Kier molecular flexibility index (Phi) is 6.09. The standard InChI is InChI=1S/C17H22ClNOS/c1-4-9-19-16(17-12(2)8-10-21-17)13(3)20-15-7-5-6-14(18)11-15/h5-8,10-11,13,16,19H,4,9H2,1-3H3. The van der Waals surface area contributed by atoms with Crippen LogP contribution in [0.4, 0.5) is 0 Å². The van der Waals surface area contributed by atoms with Crippen molar-refractivity contribution in [2.24, 2.45) is 0 Å². The molecule has 2 rings (SSSR count). The molecule has 0 aliphatic rings. The summed E-state index contributed by atoms with van der Waals surface area (Å²) in [4.78, 5) is 1.35. The second kappa shape index (κ2) is 7.83. The van der Waals surface area contributed by atoms with E-state index in [1.165, 1.54) is 10.4 Å². The number of nitrogens with one attached hydrogen (secondary N) is 1. The lowest BCUT2D eigenvalue weighted by Gasteiger charge is -2.26. The zero-order chi connectivity index (χ0) is 15.2. The van der Waals surface area contributed by atoms with Crippen molar-refractivity contribution in [3.8, 4) is 5.75 Å². The van der Waals surface area contributed by atoms with Crippen LogP contribution in [0.1, 0.15) is 36.8 Å². The highest BCUT2D eigenvalue weighted by molar-refractivity contribution is 7.10. The number of aryl methyl sites for hydroxylation is 1. The number of halogens is 1. The average molecular weight is 324 g/mol. The quantitative estimate of drug-likeness (QED) is 0.754. The minimum Gasteiger partial charge on any atom is -0.489 e. The van der Waals surface area contributed by atoms with Gasteiger partial charge >= 0.3 is 0 Å². The summed E-state index contributed by atoms with van der Waals surface area (Å²) < 4.78 is 6.09. The summed E-state index contributed by atoms with van der Waals surface area (Å²) in [6, 6.07) is 9.93. The normalized spacial score (nSPS) is 13.9. The van der Waals surface area contributed by atoms with Gasteiger partial charge in [0.1, 0.15) is 11.9 Å². The molecule has 2 nitrogen and oxygen atoms in total. The molecule has 114 valence electrons. The molecule has 4 heteroatoms. The summed E-state index contributed by atoms with van der Waals surface area (Å²) in [6.07, 6.45) is 1.14.